The lowest BCUT2D eigenvalue weighted by atomic mass is 9.87. The summed E-state index contributed by atoms with van der Waals surface area (Å²) in [5.41, 5.74) is -0.912. The van der Waals surface area contributed by atoms with Gasteiger partial charge in [0.25, 0.3) is 0 Å². The lowest BCUT2D eigenvalue weighted by Crippen LogP contribution is -2.46. The molecule has 0 aliphatic heterocycles. The molecule has 0 heterocycles. The number of amides is 1. The molecule has 118 valence electrons. The van der Waals surface area contributed by atoms with Crippen molar-refractivity contribution in [2.45, 2.75) is 52.6 Å². The van der Waals surface area contributed by atoms with Gasteiger partial charge in [-0.1, -0.05) is 33.6 Å². The maximum atomic E-state index is 11.6. The Bertz CT molecular complexity index is 304. The third kappa shape index (κ3) is 7.45. The molecule has 6 heteroatoms. The van der Waals surface area contributed by atoms with Crippen LogP contribution in [0.15, 0.2) is 0 Å². The van der Waals surface area contributed by atoms with E-state index in [1.807, 2.05) is 0 Å². The first-order chi connectivity index (χ1) is 9.35. The van der Waals surface area contributed by atoms with E-state index in [1.54, 1.807) is 13.8 Å². The predicted molar refractivity (Wildman–Crippen MR) is 75.0 cm³/mol. The van der Waals surface area contributed by atoms with Crippen molar-refractivity contribution in [3.8, 4) is 0 Å². The molecule has 0 unspecified atom stereocenters. The smallest absolute Gasteiger partial charge is 0.307 e. The highest BCUT2D eigenvalue weighted by Gasteiger charge is 2.32. The van der Waals surface area contributed by atoms with Crippen molar-refractivity contribution < 1.29 is 24.5 Å². The average Bonchev–Trinajstić information content (AvgIpc) is 2.42. The Morgan fingerprint density at radius 2 is 1.95 bits per heavy atom. The number of carbonyl (C=O) groups is 2. The van der Waals surface area contributed by atoms with Gasteiger partial charge in [0.2, 0.25) is 5.91 Å². The van der Waals surface area contributed by atoms with Crippen molar-refractivity contribution >= 4 is 11.9 Å². The number of aliphatic hydroxyl groups excluding tert-OH is 2. The lowest BCUT2D eigenvalue weighted by Gasteiger charge is -2.27. The van der Waals surface area contributed by atoms with E-state index in [1.165, 1.54) is 0 Å². The molecule has 20 heavy (non-hydrogen) atoms. The summed E-state index contributed by atoms with van der Waals surface area (Å²) in [5.74, 6) is -0.958. The van der Waals surface area contributed by atoms with Gasteiger partial charge in [-0.2, -0.15) is 0 Å². The molecule has 0 aromatic rings. The highest BCUT2D eigenvalue weighted by atomic mass is 16.5. The zero-order valence-corrected chi connectivity index (χ0v) is 12.6. The van der Waals surface area contributed by atoms with E-state index in [0.717, 1.165) is 19.3 Å². The monoisotopic (exact) mass is 289 g/mol. The summed E-state index contributed by atoms with van der Waals surface area (Å²) in [7, 11) is 0. The molecule has 0 saturated carbocycles. The molecular weight excluding hydrogens is 262 g/mol. The minimum absolute atomic E-state index is 0.0736. The molecule has 0 aliphatic carbocycles. The Kier molecular flexibility index (Phi) is 9.16. The number of esters is 1. The van der Waals surface area contributed by atoms with E-state index < -0.39 is 17.4 Å². The van der Waals surface area contributed by atoms with Crippen molar-refractivity contribution in [3.05, 3.63) is 0 Å². The van der Waals surface area contributed by atoms with Gasteiger partial charge in [-0.15, -0.1) is 0 Å². The van der Waals surface area contributed by atoms with Crippen LogP contribution in [0.3, 0.4) is 0 Å². The van der Waals surface area contributed by atoms with Crippen LogP contribution in [-0.2, 0) is 14.3 Å². The maximum Gasteiger partial charge on any atom is 0.307 e. The summed E-state index contributed by atoms with van der Waals surface area (Å²) in [6, 6.07) is 0. The van der Waals surface area contributed by atoms with Crippen LogP contribution in [0.4, 0.5) is 0 Å². The van der Waals surface area contributed by atoms with Crippen LogP contribution in [-0.4, -0.2) is 48.0 Å². The molecule has 0 aromatic heterocycles. The molecule has 3 N–H and O–H groups in total. The normalized spacial score (nSPS) is 12.8. The third-order valence-corrected chi connectivity index (χ3v) is 3.04. The minimum Gasteiger partial charge on any atom is -0.466 e. The number of carbonyl (C=O) groups excluding carboxylic acids is 2. The Hall–Kier alpha value is -1.14. The molecule has 1 atom stereocenters. The Labute approximate surface area is 120 Å². The second-order valence-electron chi connectivity index (χ2n) is 5.52. The van der Waals surface area contributed by atoms with Gasteiger partial charge in [0, 0.05) is 12.0 Å². The highest BCUT2D eigenvalue weighted by Crippen LogP contribution is 2.19. The van der Waals surface area contributed by atoms with Crippen LogP contribution >= 0.6 is 0 Å². The number of hydrogen-bond acceptors (Lipinski definition) is 5. The van der Waals surface area contributed by atoms with Crippen molar-refractivity contribution in [1.82, 2.24) is 5.32 Å². The number of unbranched alkanes of at least 4 members (excludes halogenated alkanes) is 2. The van der Waals surface area contributed by atoms with Gasteiger partial charge >= 0.3 is 5.97 Å². The zero-order valence-electron chi connectivity index (χ0n) is 12.6. The number of rotatable bonds is 10. The fourth-order valence-electron chi connectivity index (χ4n) is 1.44. The first-order valence-electron chi connectivity index (χ1n) is 7.07. The largest absolute Gasteiger partial charge is 0.466 e. The van der Waals surface area contributed by atoms with Gasteiger partial charge in [-0.3, -0.25) is 9.59 Å². The number of nitrogens with one attached hydrogen (secondary N) is 1. The highest BCUT2D eigenvalue weighted by molar-refractivity contribution is 5.81. The van der Waals surface area contributed by atoms with Crippen LogP contribution in [0.2, 0.25) is 0 Å². The molecule has 1 amide bonds. The number of ether oxygens (including phenoxy) is 1. The van der Waals surface area contributed by atoms with Gasteiger partial charge in [0.1, 0.15) is 6.10 Å². The Balaban J connectivity index is 3.83. The zero-order chi connectivity index (χ0) is 15.6. The second-order valence-corrected chi connectivity index (χ2v) is 5.52. The standard InChI is InChI=1S/C14H27NO5/c1-4-5-6-9-20-11(17)7-8-15-13(19)12(18)14(2,3)10-16/h12,16,18H,4-10H2,1-3H3,(H,15,19)/t12-/m0/s1. The second kappa shape index (κ2) is 9.72. The SMILES string of the molecule is CCCCCOC(=O)CCNC(=O)[C@H](O)C(C)(C)CO. The maximum absolute atomic E-state index is 11.6. The van der Waals surface area contributed by atoms with E-state index in [9.17, 15) is 14.7 Å². The van der Waals surface area contributed by atoms with Crippen LogP contribution in [0, 0.1) is 5.41 Å². The average molecular weight is 289 g/mol. The van der Waals surface area contributed by atoms with E-state index in [-0.39, 0.29) is 25.5 Å². The van der Waals surface area contributed by atoms with Crippen molar-refractivity contribution in [3.63, 3.8) is 0 Å². The first-order valence-corrected chi connectivity index (χ1v) is 7.07. The quantitative estimate of drug-likeness (QED) is 0.404. The molecule has 0 radical (unpaired) electrons. The Morgan fingerprint density at radius 1 is 1.30 bits per heavy atom. The van der Waals surface area contributed by atoms with E-state index in [2.05, 4.69) is 12.2 Å². The molecule has 0 bridgehead atoms. The van der Waals surface area contributed by atoms with Crippen molar-refractivity contribution in [2.24, 2.45) is 5.41 Å². The molecule has 0 aromatic carbocycles. The topological polar surface area (TPSA) is 95.9 Å². The van der Waals surface area contributed by atoms with Crippen LogP contribution in [0.25, 0.3) is 0 Å². The molecule has 0 aliphatic rings. The van der Waals surface area contributed by atoms with Crippen molar-refractivity contribution in [2.75, 3.05) is 19.8 Å². The Morgan fingerprint density at radius 3 is 2.50 bits per heavy atom. The van der Waals surface area contributed by atoms with E-state index in [4.69, 9.17) is 9.84 Å². The van der Waals surface area contributed by atoms with Gasteiger partial charge in [0.15, 0.2) is 0 Å². The summed E-state index contributed by atoms with van der Waals surface area (Å²) in [4.78, 5) is 22.9. The molecule has 0 saturated heterocycles. The molecular formula is C14H27NO5. The summed E-state index contributed by atoms with van der Waals surface area (Å²) in [6.45, 7) is 5.45. The first kappa shape index (κ1) is 18.9. The minimum atomic E-state index is -1.31. The summed E-state index contributed by atoms with van der Waals surface area (Å²) in [6.07, 6.45) is 1.69. The van der Waals surface area contributed by atoms with Gasteiger partial charge in [-0.25, -0.2) is 0 Å². The van der Waals surface area contributed by atoms with Gasteiger partial charge in [0.05, 0.1) is 19.6 Å². The summed E-state index contributed by atoms with van der Waals surface area (Å²) < 4.78 is 4.98. The van der Waals surface area contributed by atoms with Gasteiger partial charge < -0.3 is 20.3 Å². The van der Waals surface area contributed by atoms with Gasteiger partial charge in [-0.05, 0) is 6.42 Å². The molecule has 0 fully saturated rings. The number of aliphatic hydroxyl groups is 2. The molecule has 0 rings (SSSR count). The fraction of sp³-hybridized carbons (Fsp3) is 0.857. The molecule has 6 nitrogen and oxygen atoms in total. The van der Waals surface area contributed by atoms with Crippen LogP contribution in [0.1, 0.15) is 46.5 Å². The molecule has 0 spiro atoms. The third-order valence-electron chi connectivity index (χ3n) is 3.04. The van der Waals surface area contributed by atoms with E-state index >= 15 is 0 Å². The fourth-order valence-corrected chi connectivity index (χ4v) is 1.44. The predicted octanol–water partition coefficient (Wildman–Crippen LogP) is 0.605. The summed E-state index contributed by atoms with van der Waals surface area (Å²) >= 11 is 0. The van der Waals surface area contributed by atoms with E-state index in [0.29, 0.717) is 6.61 Å². The number of hydrogen-bond donors (Lipinski definition) is 3. The lowest BCUT2D eigenvalue weighted by molar-refractivity contribution is -0.144. The summed E-state index contributed by atoms with van der Waals surface area (Å²) in [5, 5.41) is 21.2. The van der Waals surface area contributed by atoms with Crippen molar-refractivity contribution in [1.29, 1.82) is 0 Å². The van der Waals surface area contributed by atoms with Crippen LogP contribution in [0.5, 0.6) is 0 Å². The van der Waals surface area contributed by atoms with Crippen LogP contribution < -0.4 is 5.32 Å².